The molecule has 0 fully saturated rings. The molecular weight excluding hydrogens is 246 g/mol. The molecule has 0 aliphatic carbocycles. The highest BCUT2D eigenvalue weighted by atomic mass is 32.1. The maximum Gasteiger partial charge on any atom is 0.305 e. The van der Waals surface area contributed by atoms with Gasteiger partial charge in [0.2, 0.25) is 0 Å². The number of rotatable bonds is 5. The predicted molar refractivity (Wildman–Crippen MR) is 72.7 cm³/mol. The van der Waals surface area contributed by atoms with Crippen LogP contribution in [0.25, 0.3) is 0 Å². The third kappa shape index (κ3) is 3.42. The van der Waals surface area contributed by atoms with Crippen LogP contribution in [0.5, 0.6) is 0 Å². The molecule has 2 aromatic rings. The Morgan fingerprint density at radius 2 is 1.94 bits per heavy atom. The van der Waals surface area contributed by atoms with Crippen LogP contribution in [0.2, 0.25) is 0 Å². The lowest BCUT2D eigenvalue weighted by atomic mass is 10.1. The van der Waals surface area contributed by atoms with E-state index in [0.717, 1.165) is 11.3 Å². The molecule has 0 saturated carbocycles. The Kier molecular flexibility index (Phi) is 4.12. The molecule has 0 spiro atoms. The summed E-state index contributed by atoms with van der Waals surface area (Å²) in [5, 5.41) is 8.71. The number of aliphatic carboxylic acids is 1. The second-order valence-corrected chi connectivity index (χ2v) is 5.37. The number of benzene rings is 1. The molecule has 0 aliphatic heterocycles. The van der Waals surface area contributed by atoms with Crippen LogP contribution in [0.15, 0.2) is 42.5 Å². The number of thiophene rings is 1. The van der Waals surface area contributed by atoms with Crippen molar-refractivity contribution in [3.8, 4) is 0 Å². The summed E-state index contributed by atoms with van der Waals surface area (Å²) in [6.07, 6.45) is 0.844. The molecule has 1 aromatic heterocycles. The van der Waals surface area contributed by atoms with E-state index in [1.165, 1.54) is 10.4 Å². The minimum absolute atomic E-state index is 0.0225. The van der Waals surface area contributed by atoms with Gasteiger partial charge in [-0.2, -0.15) is 0 Å². The second-order valence-electron chi connectivity index (χ2n) is 4.17. The van der Waals surface area contributed by atoms with Crippen LogP contribution < -0.4 is 5.73 Å². The molecule has 0 unspecified atom stereocenters. The molecule has 0 aliphatic rings. The molecule has 0 amide bonds. The number of carboxylic acids is 1. The molecule has 3 N–H and O–H groups in total. The Morgan fingerprint density at radius 3 is 2.61 bits per heavy atom. The van der Waals surface area contributed by atoms with Crippen molar-refractivity contribution < 1.29 is 9.90 Å². The van der Waals surface area contributed by atoms with E-state index in [1.54, 1.807) is 11.3 Å². The summed E-state index contributed by atoms with van der Waals surface area (Å²) in [5.41, 5.74) is 7.08. The van der Waals surface area contributed by atoms with E-state index in [-0.39, 0.29) is 6.42 Å². The Morgan fingerprint density at radius 1 is 1.22 bits per heavy atom. The zero-order chi connectivity index (χ0) is 13.0. The fourth-order valence-electron chi connectivity index (χ4n) is 1.77. The molecule has 0 bridgehead atoms. The van der Waals surface area contributed by atoms with Crippen molar-refractivity contribution in [2.75, 3.05) is 0 Å². The minimum atomic E-state index is -0.861. The molecule has 0 radical (unpaired) electrons. The van der Waals surface area contributed by atoms with E-state index < -0.39 is 12.0 Å². The third-order valence-electron chi connectivity index (χ3n) is 2.66. The van der Waals surface area contributed by atoms with Crippen LogP contribution >= 0.6 is 11.3 Å². The lowest BCUT2D eigenvalue weighted by molar-refractivity contribution is -0.137. The Hall–Kier alpha value is -1.65. The maximum absolute atomic E-state index is 10.6. The Bertz CT molecular complexity index is 522. The molecule has 1 atom stereocenters. The van der Waals surface area contributed by atoms with Gasteiger partial charge in [0.1, 0.15) is 0 Å². The lowest BCUT2D eigenvalue weighted by Crippen LogP contribution is -2.13. The van der Waals surface area contributed by atoms with Crippen LogP contribution in [0.4, 0.5) is 0 Å². The molecule has 18 heavy (non-hydrogen) atoms. The van der Waals surface area contributed by atoms with E-state index >= 15 is 0 Å². The summed E-state index contributed by atoms with van der Waals surface area (Å²) in [5.74, 6) is -0.861. The topological polar surface area (TPSA) is 63.3 Å². The monoisotopic (exact) mass is 261 g/mol. The van der Waals surface area contributed by atoms with Gasteiger partial charge in [0.15, 0.2) is 0 Å². The molecular formula is C14H15NO2S. The van der Waals surface area contributed by atoms with E-state index in [4.69, 9.17) is 10.8 Å². The molecule has 0 saturated heterocycles. The van der Waals surface area contributed by atoms with Gasteiger partial charge in [-0.3, -0.25) is 4.79 Å². The van der Waals surface area contributed by atoms with Crippen molar-refractivity contribution in [2.45, 2.75) is 18.9 Å². The highest BCUT2D eigenvalue weighted by molar-refractivity contribution is 7.12. The zero-order valence-electron chi connectivity index (χ0n) is 9.87. The first-order valence-electron chi connectivity index (χ1n) is 5.75. The standard InChI is InChI=1S/C14H15NO2S/c15-12(9-14(16)17)13-7-6-11(18-13)8-10-4-2-1-3-5-10/h1-7,12H,8-9,15H2,(H,16,17)/t12-/m0/s1. The van der Waals surface area contributed by atoms with Gasteiger partial charge in [0.05, 0.1) is 6.42 Å². The van der Waals surface area contributed by atoms with Gasteiger partial charge >= 0.3 is 5.97 Å². The first kappa shape index (κ1) is 12.8. The summed E-state index contributed by atoms with van der Waals surface area (Å²) in [4.78, 5) is 12.7. The normalized spacial score (nSPS) is 12.3. The maximum atomic E-state index is 10.6. The molecule has 1 heterocycles. The summed E-state index contributed by atoms with van der Waals surface area (Å²) >= 11 is 1.59. The highest BCUT2D eigenvalue weighted by Gasteiger charge is 2.12. The largest absolute Gasteiger partial charge is 0.481 e. The molecule has 4 heteroatoms. The number of carbonyl (C=O) groups is 1. The average Bonchev–Trinajstić information content (AvgIpc) is 2.78. The lowest BCUT2D eigenvalue weighted by Gasteiger charge is -2.05. The summed E-state index contributed by atoms with van der Waals surface area (Å²) in [6.45, 7) is 0. The van der Waals surface area contributed by atoms with E-state index in [0.29, 0.717) is 0 Å². The van der Waals surface area contributed by atoms with Gasteiger partial charge in [0, 0.05) is 22.2 Å². The summed E-state index contributed by atoms with van der Waals surface area (Å²) in [7, 11) is 0. The van der Waals surface area contributed by atoms with Crippen LogP contribution in [0.3, 0.4) is 0 Å². The number of hydrogen-bond acceptors (Lipinski definition) is 3. The second kappa shape index (κ2) is 5.80. The van der Waals surface area contributed by atoms with E-state index in [2.05, 4.69) is 12.1 Å². The third-order valence-corrected chi connectivity index (χ3v) is 3.88. The van der Waals surface area contributed by atoms with Crippen LogP contribution in [0.1, 0.15) is 27.8 Å². The van der Waals surface area contributed by atoms with Crippen molar-refractivity contribution >= 4 is 17.3 Å². The quantitative estimate of drug-likeness (QED) is 0.870. The Labute approximate surface area is 110 Å². The van der Waals surface area contributed by atoms with Crippen molar-refractivity contribution in [3.05, 3.63) is 57.8 Å². The van der Waals surface area contributed by atoms with Crippen LogP contribution in [0, 0.1) is 0 Å². The highest BCUT2D eigenvalue weighted by Crippen LogP contribution is 2.25. The van der Waals surface area contributed by atoms with Gasteiger partial charge in [-0.05, 0) is 17.7 Å². The SMILES string of the molecule is N[C@@H](CC(=O)O)c1ccc(Cc2ccccc2)s1. The summed E-state index contributed by atoms with van der Waals surface area (Å²) in [6, 6.07) is 13.7. The Balaban J connectivity index is 2.04. The van der Waals surface area contributed by atoms with Crippen LogP contribution in [-0.4, -0.2) is 11.1 Å². The van der Waals surface area contributed by atoms with Gasteiger partial charge in [0.25, 0.3) is 0 Å². The van der Waals surface area contributed by atoms with Gasteiger partial charge in [-0.25, -0.2) is 0 Å². The predicted octanol–water partition coefficient (Wildman–Crippen LogP) is 2.81. The van der Waals surface area contributed by atoms with E-state index in [9.17, 15) is 4.79 Å². The number of nitrogens with two attached hydrogens (primary N) is 1. The smallest absolute Gasteiger partial charge is 0.305 e. The first-order valence-corrected chi connectivity index (χ1v) is 6.56. The van der Waals surface area contributed by atoms with Crippen LogP contribution in [-0.2, 0) is 11.2 Å². The van der Waals surface area contributed by atoms with Crippen molar-refractivity contribution in [1.82, 2.24) is 0 Å². The molecule has 3 nitrogen and oxygen atoms in total. The molecule has 94 valence electrons. The average molecular weight is 261 g/mol. The van der Waals surface area contributed by atoms with Gasteiger partial charge < -0.3 is 10.8 Å². The fourth-order valence-corrected chi connectivity index (χ4v) is 2.82. The number of carboxylic acid groups (broad SMARTS) is 1. The minimum Gasteiger partial charge on any atom is -0.481 e. The van der Waals surface area contributed by atoms with Crippen molar-refractivity contribution in [2.24, 2.45) is 5.73 Å². The fraction of sp³-hybridized carbons (Fsp3) is 0.214. The zero-order valence-corrected chi connectivity index (χ0v) is 10.7. The van der Waals surface area contributed by atoms with E-state index in [1.807, 2.05) is 30.3 Å². The van der Waals surface area contributed by atoms with Crippen molar-refractivity contribution in [3.63, 3.8) is 0 Å². The number of hydrogen-bond donors (Lipinski definition) is 2. The molecule has 2 rings (SSSR count). The summed E-state index contributed by atoms with van der Waals surface area (Å²) < 4.78 is 0. The van der Waals surface area contributed by atoms with Gasteiger partial charge in [-0.1, -0.05) is 30.3 Å². The first-order chi connectivity index (χ1) is 8.65. The molecule has 1 aromatic carbocycles. The van der Waals surface area contributed by atoms with Gasteiger partial charge in [-0.15, -0.1) is 11.3 Å². The van der Waals surface area contributed by atoms with Crippen molar-refractivity contribution in [1.29, 1.82) is 0 Å².